The molecule has 1 N–H and O–H groups in total. The molecule has 0 amide bonds. The number of hydrogen-bond donors (Lipinski definition) is 1. The van der Waals surface area contributed by atoms with E-state index in [0.29, 0.717) is 11.4 Å². The molecule has 0 spiro atoms. The first kappa shape index (κ1) is 13.4. The smallest absolute Gasteiger partial charge is 0.136 e. The lowest BCUT2D eigenvalue weighted by Crippen LogP contribution is -2.18. The van der Waals surface area contributed by atoms with Gasteiger partial charge in [-0.1, -0.05) is 11.6 Å². The first-order valence-corrected chi connectivity index (χ1v) is 7.93. The minimum Gasteiger partial charge on any atom is -0.484 e. The van der Waals surface area contributed by atoms with Crippen LogP contribution in [0.2, 0.25) is 5.02 Å². The number of thiophene rings is 1. The minimum absolute atomic E-state index is 0.0984. The van der Waals surface area contributed by atoms with Crippen molar-refractivity contribution in [3.63, 3.8) is 0 Å². The molecular weight excluding hydrogens is 348 g/mol. The number of hydrogen-bond acceptors (Lipinski definition) is 3. The molecule has 1 aromatic heterocycles. The number of halogens is 2. The Morgan fingerprint density at radius 3 is 2.89 bits per heavy atom. The third kappa shape index (κ3) is 2.55. The van der Waals surface area contributed by atoms with Gasteiger partial charge in [-0.05, 0) is 47.1 Å². The molecule has 5 heteroatoms. The second-order valence-electron chi connectivity index (χ2n) is 4.59. The van der Waals surface area contributed by atoms with Gasteiger partial charge in [0.1, 0.15) is 11.9 Å². The van der Waals surface area contributed by atoms with Crippen LogP contribution in [0.1, 0.15) is 33.9 Å². The summed E-state index contributed by atoms with van der Waals surface area (Å²) in [5, 5.41) is 10.9. The molecule has 2 atom stereocenters. The molecule has 0 fully saturated rings. The first-order valence-electron chi connectivity index (χ1n) is 5.94. The number of benzene rings is 1. The molecule has 19 heavy (non-hydrogen) atoms. The van der Waals surface area contributed by atoms with Gasteiger partial charge in [-0.15, -0.1) is 11.3 Å². The van der Waals surface area contributed by atoms with Crippen molar-refractivity contribution in [1.29, 1.82) is 0 Å². The van der Waals surface area contributed by atoms with Crippen molar-refractivity contribution >= 4 is 38.9 Å². The third-order valence-corrected chi connectivity index (χ3v) is 5.69. The molecule has 1 aliphatic heterocycles. The van der Waals surface area contributed by atoms with Crippen molar-refractivity contribution in [2.45, 2.75) is 25.6 Å². The van der Waals surface area contributed by atoms with E-state index < -0.39 is 6.10 Å². The van der Waals surface area contributed by atoms with Crippen molar-refractivity contribution in [3.8, 4) is 5.75 Å². The second-order valence-corrected chi connectivity index (χ2v) is 7.17. The van der Waals surface area contributed by atoms with Gasteiger partial charge in [-0.3, -0.25) is 0 Å². The van der Waals surface area contributed by atoms with Crippen molar-refractivity contribution in [2.24, 2.45) is 0 Å². The Morgan fingerprint density at radius 2 is 2.21 bits per heavy atom. The standard InChI is InChI=1S/C14H12BrClO2S/c1-7-10(15)5-14(19-7)13-6-11(17)9-4-8(16)2-3-12(9)18-13/h2-5,11,13,17H,6H2,1H3/t11-,13?/m0/s1. The highest BCUT2D eigenvalue weighted by Crippen LogP contribution is 2.44. The predicted molar refractivity (Wildman–Crippen MR) is 81.2 cm³/mol. The lowest BCUT2D eigenvalue weighted by Gasteiger charge is -2.29. The zero-order valence-corrected chi connectivity index (χ0v) is 13.3. The highest BCUT2D eigenvalue weighted by molar-refractivity contribution is 9.10. The van der Waals surface area contributed by atoms with Gasteiger partial charge >= 0.3 is 0 Å². The monoisotopic (exact) mass is 358 g/mol. The van der Waals surface area contributed by atoms with Crippen LogP contribution in [0.25, 0.3) is 0 Å². The second kappa shape index (κ2) is 5.09. The molecule has 1 aliphatic rings. The molecule has 0 bridgehead atoms. The van der Waals surface area contributed by atoms with Crippen LogP contribution in [0, 0.1) is 6.92 Å². The molecule has 0 saturated carbocycles. The van der Waals surface area contributed by atoms with Crippen molar-refractivity contribution < 1.29 is 9.84 Å². The van der Waals surface area contributed by atoms with E-state index in [2.05, 4.69) is 28.9 Å². The minimum atomic E-state index is -0.534. The maximum Gasteiger partial charge on any atom is 0.136 e. The van der Waals surface area contributed by atoms with Crippen molar-refractivity contribution in [2.75, 3.05) is 0 Å². The topological polar surface area (TPSA) is 29.5 Å². The quantitative estimate of drug-likeness (QED) is 0.774. The van der Waals surface area contributed by atoms with Crippen LogP contribution in [0.5, 0.6) is 5.75 Å². The molecular formula is C14H12BrClO2S. The summed E-state index contributed by atoms with van der Waals surface area (Å²) in [6, 6.07) is 7.44. The fourth-order valence-electron chi connectivity index (χ4n) is 2.23. The summed E-state index contributed by atoms with van der Waals surface area (Å²) in [7, 11) is 0. The molecule has 1 aromatic carbocycles. The van der Waals surface area contributed by atoms with E-state index in [-0.39, 0.29) is 6.10 Å². The first-order chi connectivity index (χ1) is 9.04. The Kier molecular flexibility index (Phi) is 3.60. The van der Waals surface area contributed by atoms with E-state index in [4.69, 9.17) is 16.3 Å². The Morgan fingerprint density at radius 1 is 1.42 bits per heavy atom. The van der Waals surface area contributed by atoms with Crippen LogP contribution in [0.3, 0.4) is 0 Å². The number of aliphatic hydroxyl groups excluding tert-OH is 1. The SMILES string of the molecule is Cc1sc(C2C[C@H](O)c3cc(Cl)ccc3O2)cc1Br. The van der Waals surface area contributed by atoms with E-state index >= 15 is 0 Å². The van der Waals surface area contributed by atoms with Gasteiger partial charge in [0.25, 0.3) is 0 Å². The average Bonchev–Trinajstić information content (AvgIpc) is 2.70. The van der Waals surface area contributed by atoms with Gasteiger partial charge in [0.15, 0.2) is 0 Å². The summed E-state index contributed by atoms with van der Waals surface area (Å²) in [6.45, 7) is 2.06. The summed E-state index contributed by atoms with van der Waals surface area (Å²) >= 11 is 11.2. The van der Waals surface area contributed by atoms with E-state index in [1.165, 1.54) is 4.88 Å². The summed E-state index contributed by atoms with van der Waals surface area (Å²) in [6.07, 6.45) is -0.0768. The number of aryl methyl sites for hydroxylation is 1. The zero-order valence-electron chi connectivity index (χ0n) is 10.2. The molecule has 1 unspecified atom stereocenters. The highest BCUT2D eigenvalue weighted by atomic mass is 79.9. The normalized spacial score (nSPS) is 21.9. The zero-order chi connectivity index (χ0) is 13.6. The van der Waals surface area contributed by atoms with E-state index in [9.17, 15) is 5.11 Å². The summed E-state index contributed by atoms with van der Waals surface area (Å²) in [5.41, 5.74) is 0.774. The Bertz CT molecular complexity index is 606. The fourth-order valence-corrected chi connectivity index (χ4v) is 4.02. The highest BCUT2D eigenvalue weighted by Gasteiger charge is 2.29. The van der Waals surface area contributed by atoms with Crippen molar-refractivity contribution in [3.05, 3.63) is 49.1 Å². The number of ether oxygens (including phenoxy) is 1. The van der Waals surface area contributed by atoms with Crippen LogP contribution in [-0.2, 0) is 0 Å². The van der Waals surface area contributed by atoms with Crippen LogP contribution in [0.4, 0.5) is 0 Å². The van der Waals surface area contributed by atoms with Gasteiger partial charge in [0, 0.05) is 31.2 Å². The summed E-state index contributed by atoms with van der Waals surface area (Å²) in [5.74, 6) is 0.718. The number of fused-ring (bicyclic) bond motifs is 1. The van der Waals surface area contributed by atoms with Gasteiger partial charge in [0.2, 0.25) is 0 Å². The molecule has 0 saturated heterocycles. The maximum absolute atomic E-state index is 10.2. The molecule has 2 heterocycles. The molecule has 3 rings (SSSR count). The van der Waals surface area contributed by atoms with E-state index in [1.807, 2.05) is 6.07 Å². The lowest BCUT2D eigenvalue weighted by molar-refractivity contribution is 0.0674. The van der Waals surface area contributed by atoms with Crippen LogP contribution >= 0.6 is 38.9 Å². The van der Waals surface area contributed by atoms with Crippen LogP contribution in [-0.4, -0.2) is 5.11 Å². The molecule has 2 aromatic rings. The van der Waals surface area contributed by atoms with Gasteiger partial charge in [0.05, 0.1) is 6.10 Å². The predicted octanol–water partition coefficient (Wildman–Crippen LogP) is 5.03. The Hall–Kier alpha value is -0.550. The number of rotatable bonds is 1. The fraction of sp³-hybridized carbons (Fsp3) is 0.286. The molecule has 100 valence electrons. The van der Waals surface area contributed by atoms with Gasteiger partial charge in [-0.2, -0.15) is 0 Å². The lowest BCUT2D eigenvalue weighted by atomic mass is 9.98. The Balaban J connectivity index is 1.94. The summed E-state index contributed by atoms with van der Waals surface area (Å²) < 4.78 is 7.07. The van der Waals surface area contributed by atoms with Crippen molar-refractivity contribution in [1.82, 2.24) is 0 Å². The largest absolute Gasteiger partial charge is 0.484 e. The molecule has 0 aliphatic carbocycles. The maximum atomic E-state index is 10.2. The van der Waals surface area contributed by atoms with Gasteiger partial charge in [-0.25, -0.2) is 0 Å². The van der Waals surface area contributed by atoms with Crippen LogP contribution < -0.4 is 4.74 Å². The third-order valence-electron chi connectivity index (χ3n) is 3.23. The summed E-state index contributed by atoms with van der Waals surface area (Å²) in [4.78, 5) is 2.35. The van der Waals surface area contributed by atoms with Gasteiger partial charge < -0.3 is 9.84 Å². The van der Waals surface area contributed by atoms with Crippen LogP contribution in [0.15, 0.2) is 28.7 Å². The van der Waals surface area contributed by atoms with E-state index in [1.54, 1.807) is 23.5 Å². The van der Waals surface area contributed by atoms with E-state index in [0.717, 1.165) is 20.7 Å². The Labute approximate surface area is 129 Å². The number of aliphatic hydroxyl groups is 1. The molecule has 2 nitrogen and oxygen atoms in total. The molecule has 0 radical (unpaired) electrons. The average molecular weight is 360 g/mol.